The van der Waals surface area contributed by atoms with Crippen molar-refractivity contribution >= 4 is 5.91 Å². The van der Waals surface area contributed by atoms with Gasteiger partial charge in [0.25, 0.3) is 0 Å². The van der Waals surface area contributed by atoms with E-state index in [1.165, 1.54) is 6.42 Å². The molecule has 1 aliphatic carbocycles. The zero-order chi connectivity index (χ0) is 15.6. The Bertz CT molecular complexity index is 518. The van der Waals surface area contributed by atoms with Gasteiger partial charge in [0.1, 0.15) is 5.82 Å². The molecule has 5 heteroatoms. The van der Waals surface area contributed by atoms with Crippen LogP contribution in [0.3, 0.4) is 0 Å². The summed E-state index contributed by atoms with van der Waals surface area (Å²) in [5, 5.41) is 0. The first kappa shape index (κ1) is 15.5. The number of aromatic nitrogens is 2. The minimum absolute atomic E-state index is 0.176. The van der Waals surface area contributed by atoms with Crippen LogP contribution in [0.25, 0.3) is 0 Å². The molecule has 0 radical (unpaired) electrons. The first-order chi connectivity index (χ1) is 10.6. The summed E-state index contributed by atoms with van der Waals surface area (Å²) >= 11 is 0. The molecular formula is C17H28N4O. The van der Waals surface area contributed by atoms with Crippen LogP contribution >= 0.6 is 0 Å². The lowest BCUT2D eigenvalue weighted by atomic mass is 9.81. The van der Waals surface area contributed by atoms with E-state index in [0.717, 1.165) is 63.9 Å². The Morgan fingerprint density at radius 1 is 1.36 bits per heavy atom. The number of amides is 1. The number of carbonyl (C=O) groups excluding carboxylic acids is 1. The van der Waals surface area contributed by atoms with Crippen molar-refractivity contribution in [2.24, 2.45) is 5.73 Å². The van der Waals surface area contributed by atoms with Gasteiger partial charge < -0.3 is 15.2 Å². The second-order valence-electron chi connectivity index (χ2n) is 6.87. The van der Waals surface area contributed by atoms with E-state index in [1.54, 1.807) is 0 Å². The number of aryl methyl sites for hydroxylation is 1. The first-order valence-corrected chi connectivity index (χ1v) is 8.74. The summed E-state index contributed by atoms with van der Waals surface area (Å²) in [6, 6.07) is 0.349. The van der Waals surface area contributed by atoms with Gasteiger partial charge in [-0.1, -0.05) is 26.2 Å². The van der Waals surface area contributed by atoms with Gasteiger partial charge >= 0.3 is 0 Å². The van der Waals surface area contributed by atoms with Crippen molar-refractivity contribution in [2.75, 3.05) is 13.1 Å². The summed E-state index contributed by atoms with van der Waals surface area (Å²) in [7, 11) is 0. The van der Waals surface area contributed by atoms with E-state index < -0.39 is 5.54 Å². The molecular weight excluding hydrogens is 276 g/mol. The SMILES string of the molecule is CCc1nccn1C1CCCN(C(=O)C2(N)CCCCC2)C1. The predicted molar refractivity (Wildman–Crippen MR) is 86.5 cm³/mol. The minimum atomic E-state index is -0.608. The molecule has 1 aromatic rings. The molecule has 1 aliphatic heterocycles. The number of imidazole rings is 1. The van der Waals surface area contributed by atoms with Gasteiger partial charge in [-0.2, -0.15) is 0 Å². The molecule has 1 saturated heterocycles. The van der Waals surface area contributed by atoms with Crippen molar-refractivity contribution in [1.82, 2.24) is 14.5 Å². The highest BCUT2D eigenvalue weighted by Crippen LogP contribution is 2.30. The zero-order valence-electron chi connectivity index (χ0n) is 13.6. The van der Waals surface area contributed by atoms with Crippen molar-refractivity contribution in [2.45, 2.75) is 69.9 Å². The third-order valence-corrected chi connectivity index (χ3v) is 5.31. The maximum absolute atomic E-state index is 12.9. The molecule has 2 heterocycles. The number of carbonyl (C=O) groups is 1. The second kappa shape index (κ2) is 6.41. The highest BCUT2D eigenvalue weighted by molar-refractivity contribution is 5.86. The molecule has 1 aromatic heterocycles. The zero-order valence-corrected chi connectivity index (χ0v) is 13.6. The van der Waals surface area contributed by atoms with E-state index in [0.29, 0.717) is 6.04 Å². The monoisotopic (exact) mass is 304 g/mol. The molecule has 5 nitrogen and oxygen atoms in total. The summed E-state index contributed by atoms with van der Waals surface area (Å²) in [5.74, 6) is 1.29. The lowest BCUT2D eigenvalue weighted by Gasteiger charge is -2.41. The molecule has 1 saturated carbocycles. The molecule has 2 fully saturated rings. The fraction of sp³-hybridized carbons (Fsp3) is 0.765. The van der Waals surface area contributed by atoms with Crippen LogP contribution in [0.15, 0.2) is 12.4 Å². The number of piperidine rings is 1. The van der Waals surface area contributed by atoms with Crippen LogP contribution in [-0.2, 0) is 11.2 Å². The molecule has 0 spiro atoms. The summed E-state index contributed by atoms with van der Waals surface area (Å²) in [5.41, 5.74) is 5.83. The fourth-order valence-corrected chi connectivity index (χ4v) is 4.03. The summed E-state index contributed by atoms with van der Waals surface area (Å²) in [4.78, 5) is 19.4. The Morgan fingerprint density at radius 2 is 2.14 bits per heavy atom. The third-order valence-electron chi connectivity index (χ3n) is 5.31. The van der Waals surface area contributed by atoms with Crippen LogP contribution in [0.1, 0.15) is 63.7 Å². The minimum Gasteiger partial charge on any atom is -0.339 e. The molecule has 2 aliphatic rings. The van der Waals surface area contributed by atoms with Gasteiger partial charge in [-0.25, -0.2) is 4.98 Å². The van der Waals surface area contributed by atoms with Crippen molar-refractivity contribution in [1.29, 1.82) is 0 Å². The Labute approximate surface area is 132 Å². The molecule has 0 aromatic carbocycles. The van der Waals surface area contributed by atoms with Crippen LogP contribution < -0.4 is 5.73 Å². The van der Waals surface area contributed by atoms with E-state index in [4.69, 9.17) is 5.73 Å². The van der Waals surface area contributed by atoms with Crippen LogP contribution in [0.2, 0.25) is 0 Å². The maximum atomic E-state index is 12.9. The molecule has 2 N–H and O–H groups in total. The van der Waals surface area contributed by atoms with Gasteiger partial charge in [0.2, 0.25) is 5.91 Å². The molecule has 1 unspecified atom stereocenters. The Balaban J connectivity index is 1.71. The van der Waals surface area contributed by atoms with Crippen molar-refractivity contribution < 1.29 is 4.79 Å². The van der Waals surface area contributed by atoms with E-state index in [-0.39, 0.29) is 5.91 Å². The Morgan fingerprint density at radius 3 is 2.86 bits per heavy atom. The summed E-state index contributed by atoms with van der Waals surface area (Å²) in [6.07, 6.45) is 12.1. The quantitative estimate of drug-likeness (QED) is 0.931. The van der Waals surface area contributed by atoms with E-state index in [9.17, 15) is 4.79 Å². The van der Waals surface area contributed by atoms with Crippen molar-refractivity contribution in [3.63, 3.8) is 0 Å². The van der Waals surface area contributed by atoms with Gasteiger partial charge in [-0.05, 0) is 25.7 Å². The standard InChI is InChI=1S/C17H28N4O/c1-2-15-19-10-12-21(15)14-7-6-11-20(13-14)16(22)17(18)8-4-3-5-9-17/h10,12,14H,2-9,11,13,18H2,1H3. The van der Waals surface area contributed by atoms with Gasteiger partial charge in [0.05, 0.1) is 11.6 Å². The summed E-state index contributed by atoms with van der Waals surface area (Å²) in [6.45, 7) is 3.76. The van der Waals surface area contributed by atoms with Crippen LogP contribution in [-0.4, -0.2) is 39.0 Å². The molecule has 122 valence electrons. The summed E-state index contributed by atoms with van der Waals surface area (Å²) < 4.78 is 2.25. The number of likely N-dealkylation sites (tertiary alicyclic amines) is 1. The fourth-order valence-electron chi connectivity index (χ4n) is 4.03. The van der Waals surface area contributed by atoms with Gasteiger partial charge in [0.15, 0.2) is 0 Å². The van der Waals surface area contributed by atoms with E-state index in [2.05, 4.69) is 22.7 Å². The normalized spacial score (nSPS) is 25.2. The largest absolute Gasteiger partial charge is 0.339 e. The van der Waals surface area contributed by atoms with Crippen LogP contribution in [0.5, 0.6) is 0 Å². The molecule has 1 atom stereocenters. The number of rotatable bonds is 3. The molecule has 3 rings (SSSR count). The van der Waals surface area contributed by atoms with Crippen molar-refractivity contribution in [3.05, 3.63) is 18.2 Å². The van der Waals surface area contributed by atoms with E-state index >= 15 is 0 Å². The number of hydrogen-bond acceptors (Lipinski definition) is 3. The first-order valence-electron chi connectivity index (χ1n) is 8.74. The number of nitrogens with two attached hydrogens (primary N) is 1. The average molecular weight is 304 g/mol. The topological polar surface area (TPSA) is 64.2 Å². The van der Waals surface area contributed by atoms with Crippen molar-refractivity contribution in [3.8, 4) is 0 Å². The average Bonchev–Trinajstić information content (AvgIpc) is 3.03. The molecule has 1 amide bonds. The maximum Gasteiger partial charge on any atom is 0.242 e. The highest BCUT2D eigenvalue weighted by Gasteiger charge is 2.39. The lowest BCUT2D eigenvalue weighted by molar-refractivity contribution is -0.140. The lowest BCUT2D eigenvalue weighted by Crippen LogP contribution is -2.58. The molecule has 22 heavy (non-hydrogen) atoms. The van der Waals surface area contributed by atoms with E-state index in [1.807, 2.05) is 11.1 Å². The Hall–Kier alpha value is -1.36. The predicted octanol–water partition coefficient (Wildman–Crippen LogP) is 2.27. The van der Waals surface area contributed by atoms with Gasteiger partial charge in [-0.15, -0.1) is 0 Å². The van der Waals surface area contributed by atoms with Gasteiger partial charge in [0, 0.05) is 31.9 Å². The Kier molecular flexibility index (Phi) is 4.52. The highest BCUT2D eigenvalue weighted by atomic mass is 16.2. The van der Waals surface area contributed by atoms with Gasteiger partial charge in [-0.3, -0.25) is 4.79 Å². The number of hydrogen-bond donors (Lipinski definition) is 1. The number of nitrogens with zero attached hydrogens (tertiary/aromatic N) is 3. The smallest absolute Gasteiger partial charge is 0.242 e. The third kappa shape index (κ3) is 2.91. The van der Waals surface area contributed by atoms with Crippen LogP contribution in [0, 0.1) is 0 Å². The second-order valence-corrected chi connectivity index (χ2v) is 6.87. The molecule has 0 bridgehead atoms. The van der Waals surface area contributed by atoms with Crippen LogP contribution in [0.4, 0.5) is 0 Å².